The Morgan fingerprint density at radius 2 is 2.00 bits per heavy atom. The summed E-state index contributed by atoms with van der Waals surface area (Å²) in [5, 5.41) is 8.30. The molecule has 4 heterocycles. The number of ketones is 1. The number of rotatable bonds is 4. The number of carbonyl (C=O) groups is 2. The van der Waals surface area contributed by atoms with Gasteiger partial charge in [0, 0.05) is 38.6 Å². The van der Waals surface area contributed by atoms with Crippen LogP contribution in [0.5, 0.6) is 0 Å². The first-order valence-corrected chi connectivity index (χ1v) is 9.75. The Hall–Kier alpha value is -3.23. The largest absolute Gasteiger partial charge is 0.346 e. The van der Waals surface area contributed by atoms with E-state index in [2.05, 4.69) is 15.2 Å². The fourth-order valence-corrected chi connectivity index (χ4v) is 3.76. The van der Waals surface area contributed by atoms with E-state index in [4.69, 9.17) is 4.52 Å². The fourth-order valence-electron chi connectivity index (χ4n) is 3.76. The lowest BCUT2D eigenvalue weighted by atomic mass is 10.1. The van der Waals surface area contributed by atoms with Crippen LogP contribution in [0, 0.1) is 0 Å². The van der Waals surface area contributed by atoms with Crippen molar-refractivity contribution >= 4 is 11.7 Å². The predicted molar refractivity (Wildman–Crippen MR) is 104 cm³/mol. The summed E-state index contributed by atoms with van der Waals surface area (Å²) in [5.74, 6) is 0.702. The zero-order valence-electron chi connectivity index (χ0n) is 16.8. The van der Waals surface area contributed by atoms with E-state index in [0.717, 1.165) is 31.2 Å². The van der Waals surface area contributed by atoms with E-state index in [-0.39, 0.29) is 17.7 Å². The predicted octanol–water partition coefficient (Wildman–Crippen LogP) is 2.77. The fraction of sp³-hybridized carbons (Fsp3) is 0.450. The van der Waals surface area contributed by atoms with Gasteiger partial charge in [-0.1, -0.05) is 18.0 Å². The molecular formula is C20H24N6O3. The second kappa shape index (κ2) is 7.65. The van der Waals surface area contributed by atoms with Gasteiger partial charge in [-0.05, 0) is 25.8 Å². The molecule has 1 atom stereocenters. The van der Waals surface area contributed by atoms with Gasteiger partial charge in [-0.2, -0.15) is 10.1 Å². The highest BCUT2D eigenvalue weighted by Crippen LogP contribution is 2.31. The normalized spacial score (nSPS) is 17.3. The third kappa shape index (κ3) is 3.72. The van der Waals surface area contributed by atoms with E-state index in [1.807, 2.05) is 11.9 Å². The van der Waals surface area contributed by atoms with Gasteiger partial charge < -0.3 is 14.0 Å². The van der Waals surface area contributed by atoms with Crippen LogP contribution in [-0.4, -0.2) is 47.6 Å². The van der Waals surface area contributed by atoms with Crippen LogP contribution in [0.2, 0.25) is 0 Å². The maximum absolute atomic E-state index is 13.4. The average Bonchev–Trinajstić information content (AvgIpc) is 3.38. The summed E-state index contributed by atoms with van der Waals surface area (Å²) in [5.41, 5.74) is 1.75. The molecule has 29 heavy (non-hydrogen) atoms. The first-order valence-electron chi connectivity index (χ1n) is 9.75. The van der Waals surface area contributed by atoms with Crippen molar-refractivity contribution in [2.75, 3.05) is 6.54 Å². The summed E-state index contributed by atoms with van der Waals surface area (Å²) in [4.78, 5) is 31.4. The van der Waals surface area contributed by atoms with Gasteiger partial charge in [0.05, 0.1) is 17.8 Å². The highest BCUT2D eigenvalue weighted by molar-refractivity contribution is 5.99. The standard InChI is InChI=1S/C20H24N6O3/c1-13(27)14-9-17(24(2)11-14)20(28)26-8-6-4-5-7-16(26)18-22-19(29-23-18)15-10-21-25(3)12-15/h9-12,16H,4-8H2,1-3H3/t16-/m1/s1. The van der Waals surface area contributed by atoms with E-state index < -0.39 is 0 Å². The molecule has 152 valence electrons. The highest BCUT2D eigenvalue weighted by atomic mass is 16.5. The maximum Gasteiger partial charge on any atom is 0.271 e. The zero-order chi connectivity index (χ0) is 20.5. The Kier molecular flexibility index (Phi) is 5.04. The second-order valence-corrected chi connectivity index (χ2v) is 7.51. The minimum Gasteiger partial charge on any atom is -0.346 e. The van der Waals surface area contributed by atoms with Gasteiger partial charge in [0.1, 0.15) is 5.69 Å². The van der Waals surface area contributed by atoms with Crippen molar-refractivity contribution in [1.29, 1.82) is 0 Å². The first-order chi connectivity index (χ1) is 13.9. The number of aryl methyl sites for hydroxylation is 2. The van der Waals surface area contributed by atoms with Gasteiger partial charge in [-0.25, -0.2) is 0 Å². The highest BCUT2D eigenvalue weighted by Gasteiger charge is 2.32. The van der Waals surface area contributed by atoms with Gasteiger partial charge in [0.25, 0.3) is 11.8 Å². The molecule has 1 aliphatic heterocycles. The molecule has 1 aliphatic rings. The van der Waals surface area contributed by atoms with Crippen LogP contribution in [0.25, 0.3) is 11.5 Å². The lowest BCUT2D eigenvalue weighted by Gasteiger charge is -2.27. The van der Waals surface area contributed by atoms with Gasteiger partial charge in [-0.15, -0.1) is 0 Å². The maximum atomic E-state index is 13.4. The Morgan fingerprint density at radius 1 is 1.17 bits per heavy atom. The number of hydrogen-bond acceptors (Lipinski definition) is 6. The number of carbonyl (C=O) groups excluding carboxylic acids is 2. The van der Waals surface area contributed by atoms with Gasteiger partial charge in [0.15, 0.2) is 11.6 Å². The molecule has 0 unspecified atom stereocenters. The van der Waals surface area contributed by atoms with Crippen molar-refractivity contribution in [2.24, 2.45) is 14.1 Å². The molecule has 0 radical (unpaired) electrons. The van der Waals surface area contributed by atoms with Crippen LogP contribution in [0.15, 0.2) is 29.2 Å². The number of amides is 1. The topological polar surface area (TPSA) is 99.1 Å². The Morgan fingerprint density at radius 3 is 2.69 bits per heavy atom. The van der Waals surface area contributed by atoms with Gasteiger partial charge in [-0.3, -0.25) is 14.3 Å². The third-order valence-corrected chi connectivity index (χ3v) is 5.34. The van der Waals surface area contributed by atoms with Gasteiger partial charge in [0.2, 0.25) is 0 Å². The summed E-state index contributed by atoms with van der Waals surface area (Å²) in [6.07, 6.45) is 8.87. The molecule has 1 saturated heterocycles. The smallest absolute Gasteiger partial charge is 0.271 e. The van der Waals surface area contributed by atoms with Crippen molar-refractivity contribution in [3.63, 3.8) is 0 Å². The van der Waals surface area contributed by atoms with Crippen LogP contribution in [0.3, 0.4) is 0 Å². The number of hydrogen-bond donors (Lipinski definition) is 0. The molecule has 0 bridgehead atoms. The Labute approximate surface area is 168 Å². The molecule has 9 heteroatoms. The number of aromatic nitrogens is 5. The van der Waals surface area contributed by atoms with E-state index in [1.165, 1.54) is 6.92 Å². The minimum atomic E-state index is -0.269. The SMILES string of the molecule is CC(=O)c1cc(C(=O)N2CCCCC[C@@H]2c2noc(-c3cnn(C)c3)n2)n(C)c1. The average molecular weight is 396 g/mol. The summed E-state index contributed by atoms with van der Waals surface area (Å²) in [6.45, 7) is 2.11. The summed E-state index contributed by atoms with van der Waals surface area (Å²) in [6, 6.07) is 1.39. The number of likely N-dealkylation sites (tertiary alicyclic amines) is 1. The van der Waals surface area contributed by atoms with Crippen LogP contribution in [0.1, 0.15) is 65.3 Å². The van der Waals surface area contributed by atoms with E-state index >= 15 is 0 Å². The minimum absolute atomic E-state index is 0.0636. The van der Waals surface area contributed by atoms with Crippen molar-refractivity contribution in [3.05, 3.63) is 41.7 Å². The molecule has 3 aromatic heterocycles. The molecule has 0 spiro atoms. The molecule has 0 aromatic carbocycles. The molecule has 3 aromatic rings. The number of Topliss-reactive ketones (excluding diaryl/α,β-unsaturated/α-hetero) is 1. The van der Waals surface area contributed by atoms with E-state index in [9.17, 15) is 9.59 Å². The summed E-state index contributed by atoms with van der Waals surface area (Å²) < 4.78 is 8.82. The van der Waals surface area contributed by atoms with Crippen molar-refractivity contribution < 1.29 is 14.1 Å². The van der Waals surface area contributed by atoms with Crippen LogP contribution in [0.4, 0.5) is 0 Å². The molecule has 9 nitrogen and oxygen atoms in total. The quantitative estimate of drug-likeness (QED) is 0.629. The van der Waals surface area contributed by atoms with E-state index in [1.54, 1.807) is 41.0 Å². The van der Waals surface area contributed by atoms with Crippen molar-refractivity contribution in [1.82, 2.24) is 29.4 Å². The van der Waals surface area contributed by atoms with E-state index in [0.29, 0.717) is 29.5 Å². The molecule has 0 aliphatic carbocycles. The Balaban J connectivity index is 1.65. The van der Waals surface area contributed by atoms with Crippen molar-refractivity contribution in [3.8, 4) is 11.5 Å². The zero-order valence-corrected chi connectivity index (χ0v) is 16.8. The molecule has 1 fully saturated rings. The lowest BCUT2D eigenvalue weighted by Crippen LogP contribution is -2.36. The molecule has 0 N–H and O–H groups in total. The van der Waals surface area contributed by atoms with Crippen LogP contribution < -0.4 is 0 Å². The Bertz CT molecular complexity index is 1050. The second-order valence-electron chi connectivity index (χ2n) is 7.51. The van der Waals surface area contributed by atoms with Crippen LogP contribution >= 0.6 is 0 Å². The summed E-state index contributed by atoms with van der Waals surface area (Å²) in [7, 11) is 3.60. The van der Waals surface area contributed by atoms with Crippen molar-refractivity contribution in [2.45, 2.75) is 38.6 Å². The lowest BCUT2D eigenvalue weighted by molar-refractivity contribution is 0.0660. The monoisotopic (exact) mass is 396 g/mol. The molecule has 0 saturated carbocycles. The summed E-state index contributed by atoms with van der Waals surface area (Å²) >= 11 is 0. The molecule has 4 rings (SSSR count). The molecular weight excluding hydrogens is 372 g/mol. The van der Waals surface area contributed by atoms with Gasteiger partial charge >= 0.3 is 0 Å². The first kappa shape index (κ1) is 19.1. The third-order valence-electron chi connectivity index (χ3n) is 5.34. The number of nitrogens with zero attached hydrogens (tertiary/aromatic N) is 6. The molecule has 1 amide bonds. The van der Waals surface area contributed by atoms with Crippen LogP contribution in [-0.2, 0) is 14.1 Å².